The van der Waals surface area contributed by atoms with Gasteiger partial charge in [-0.15, -0.1) is 0 Å². The van der Waals surface area contributed by atoms with Crippen molar-refractivity contribution >= 4 is 19.3 Å². The predicted molar refractivity (Wildman–Crippen MR) is 88.0 cm³/mol. The molecule has 1 fully saturated rings. The average Bonchev–Trinajstić information content (AvgIpc) is 2.50. The van der Waals surface area contributed by atoms with Crippen molar-refractivity contribution < 1.29 is 29.3 Å². The fourth-order valence-electron chi connectivity index (χ4n) is 3.54. The number of hydrogen-bond donors (Lipinski definition) is 3. The van der Waals surface area contributed by atoms with E-state index >= 15 is 0 Å². The Morgan fingerprint density at radius 3 is 2.22 bits per heavy atom. The summed E-state index contributed by atoms with van der Waals surface area (Å²) in [5, 5.41) is 18.3. The molecule has 134 valence electrons. The molecule has 0 heterocycles. The predicted octanol–water partition coefficient (Wildman–Crippen LogP) is 3.71. The minimum absolute atomic E-state index is 0.0870. The van der Waals surface area contributed by atoms with E-state index in [9.17, 15) is 24.2 Å². The lowest BCUT2D eigenvalue weighted by molar-refractivity contribution is -0.143. The van der Waals surface area contributed by atoms with Crippen molar-refractivity contribution in [1.29, 1.82) is 0 Å². The first-order valence-electron chi connectivity index (χ1n) is 8.57. The SMILES string of the molecule is CCCCC(C(CCC(=O)O)C(=O)O)P(=O)(O)C1CCCCC1. The van der Waals surface area contributed by atoms with Crippen molar-refractivity contribution in [3.63, 3.8) is 0 Å². The summed E-state index contributed by atoms with van der Waals surface area (Å²) in [5.74, 6) is -3.29. The van der Waals surface area contributed by atoms with Gasteiger partial charge in [0.1, 0.15) is 0 Å². The summed E-state index contributed by atoms with van der Waals surface area (Å²) in [6, 6.07) is 0. The van der Waals surface area contributed by atoms with Gasteiger partial charge in [-0.1, -0.05) is 39.0 Å². The zero-order valence-electron chi connectivity index (χ0n) is 13.8. The molecule has 6 nitrogen and oxygen atoms in total. The van der Waals surface area contributed by atoms with E-state index in [1.165, 1.54) is 0 Å². The molecule has 0 aromatic rings. The lowest BCUT2D eigenvalue weighted by atomic mass is 9.95. The number of carbonyl (C=O) groups is 2. The van der Waals surface area contributed by atoms with E-state index < -0.39 is 30.9 Å². The summed E-state index contributed by atoms with van der Waals surface area (Å²) in [5.41, 5.74) is -1.16. The van der Waals surface area contributed by atoms with E-state index in [4.69, 9.17) is 5.11 Å². The molecular formula is C16H29O6P. The normalized spacial score (nSPS) is 21.3. The second kappa shape index (κ2) is 9.43. The Morgan fingerprint density at radius 2 is 1.74 bits per heavy atom. The highest BCUT2D eigenvalue weighted by Gasteiger charge is 2.45. The monoisotopic (exact) mass is 348 g/mol. The summed E-state index contributed by atoms with van der Waals surface area (Å²) in [4.78, 5) is 33.2. The van der Waals surface area contributed by atoms with E-state index in [0.717, 1.165) is 25.7 Å². The largest absolute Gasteiger partial charge is 0.481 e. The van der Waals surface area contributed by atoms with Crippen molar-refractivity contribution in [2.45, 2.75) is 82.4 Å². The zero-order valence-corrected chi connectivity index (χ0v) is 14.7. The number of rotatable bonds is 10. The van der Waals surface area contributed by atoms with Crippen molar-refractivity contribution in [1.82, 2.24) is 0 Å². The summed E-state index contributed by atoms with van der Waals surface area (Å²) >= 11 is 0. The Balaban J connectivity index is 2.99. The number of aliphatic carboxylic acids is 2. The third kappa shape index (κ3) is 5.92. The van der Waals surface area contributed by atoms with Gasteiger partial charge in [0.05, 0.1) is 5.92 Å². The van der Waals surface area contributed by atoms with Crippen LogP contribution in [0.4, 0.5) is 0 Å². The first kappa shape index (κ1) is 20.2. The molecule has 1 rings (SSSR count). The molecule has 1 aliphatic carbocycles. The van der Waals surface area contributed by atoms with E-state index in [2.05, 4.69) is 0 Å². The number of carboxylic acids is 2. The molecule has 0 aromatic carbocycles. The maximum absolute atomic E-state index is 13.1. The van der Waals surface area contributed by atoms with Crippen LogP contribution in [0.2, 0.25) is 0 Å². The minimum Gasteiger partial charge on any atom is -0.481 e. The molecule has 0 spiro atoms. The maximum Gasteiger partial charge on any atom is 0.307 e. The van der Waals surface area contributed by atoms with Crippen LogP contribution >= 0.6 is 7.37 Å². The molecule has 3 unspecified atom stereocenters. The maximum atomic E-state index is 13.1. The first-order chi connectivity index (χ1) is 10.8. The summed E-state index contributed by atoms with van der Waals surface area (Å²) < 4.78 is 13.1. The van der Waals surface area contributed by atoms with E-state index in [1.807, 2.05) is 6.92 Å². The second-order valence-corrected chi connectivity index (χ2v) is 9.29. The van der Waals surface area contributed by atoms with Gasteiger partial charge < -0.3 is 15.1 Å². The van der Waals surface area contributed by atoms with Gasteiger partial charge in [0.25, 0.3) is 0 Å². The highest BCUT2D eigenvalue weighted by atomic mass is 31.2. The molecule has 23 heavy (non-hydrogen) atoms. The lowest BCUT2D eigenvalue weighted by Gasteiger charge is -2.35. The smallest absolute Gasteiger partial charge is 0.307 e. The molecule has 3 N–H and O–H groups in total. The number of hydrogen-bond acceptors (Lipinski definition) is 3. The van der Waals surface area contributed by atoms with E-state index in [1.54, 1.807) is 0 Å². The van der Waals surface area contributed by atoms with Crippen LogP contribution in [-0.2, 0) is 14.2 Å². The summed E-state index contributed by atoms with van der Waals surface area (Å²) in [6.45, 7) is 1.95. The third-order valence-corrected chi connectivity index (χ3v) is 8.01. The molecule has 7 heteroatoms. The van der Waals surface area contributed by atoms with Gasteiger partial charge in [0.2, 0.25) is 7.37 Å². The van der Waals surface area contributed by atoms with E-state index in [0.29, 0.717) is 25.7 Å². The molecule has 0 radical (unpaired) electrons. The molecule has 1 saturated carbocycles. The third-order valence-electron chi connectivity index (χ3n) is 4.88. The van der Waals surface area contributed by atoms with Crippen molar-refractivity contribution in [2.75, 3.05) is 0 Å². The molecule has 0 bridgehead atoms. The van der Waals surface area contributed by atoms with Crippen molar-refractivity contribution in [3.05, 3.63) is 0 Å². The molecule has 0 amide bonds. The summed E-state index contributed by atoms with van der Waals surface area (Å²) in [6.07, 6.45) is 5.69. The lowest BCUT2D eigenvalue weighted by Crippen LogP contribution is -2.33. The highest BCUT2D eigenvalue weighted by Crippen LogP contribution is 2.59. The van der Waals surface area contributed by atoms with Crippen LogP contribution in [0.15, 0.2) is 0 Å². The van der Waals surface area contributed by atoms with Crippen LogP contribution in [0.1, 0.15) is 71.1 Å². The van der Waals surface area contributed by atoms with Crippen LogP contribution < -0.4 is 0 Å². The Bertz CT molecular complexity index is 444. The van der Waals surface area contributed by atoms with Gasteiger partial charge in [-0.2, -0.15) is 0 Å². The first-order valence-corrected chi connectivity index (χ1v) is 10.4. The van der Waals surface area contributed by atoms with Crippen LogP contribution in [-0.4, -0.2) is 38.4 Å². The molecule has 3 atom stereocenters. The molecule has 1 aliphatic rings. The Hall–Kier alpha value is -0.870. The number of carboxylic acid groups (broad SMARTS) is 2. The molecular weight excluding hydrogens is 319 g/mol. The van der Waals surface area contributed by atoms with Crippen LogP contribution in [0.5, 0.6) is 0 Å². The Kier molecular flexibility index (Phi) is 8.27. The number of unbranched alkanes of at least 4 members (excludes halogenated alkanes) is 1. The fourth-order valence-corrected chi connectivity index (χ4v) is 6.53. The van der Waals surface area contributed by atoms with Gasteiger partial charge in [0.15, 0.2) is 0 Å². The van der Waals surface area contributed by atoms with Crippen molar-refractivity contribution in [3.8, 4) is 0 Å². The van der Waals surface area contributed by atoms with Crippen molar-refractivity contribution in [2.24, 2.45) is 5.92 Å². The quantitative estimate of drug-likeness (QED) is 0.519. The Labute approximate surface area is 137 Å². The zero-order chi connectivity index (χ0) is 17.5. The topological polar surface area (TPSA) is 112 Å². The van der Waals surface area contributed by atoms with Gasteiger partial charge >= 0.3 is 11.9 Å². The van der Waals surface area contributed by atoms with Gasteiger partial charge in [-0.3, -0.25) is 14.2 Å². The highest BCUT2D eigenvalue weighted by molar-refractivity contribution is 7.59. The Morgan fingerprint density at radius 1 is 1.13 bits per heavy atom. The standard InChI is InChI=1S/C16H29O6P/c1-2-3-9-14(13(16(19)20)10-11-15(17)18)23(21,22)12-7-5-4-6-8-12/h12-14H,2-11H2,1H3,(H,17,18)(H,19,20)(H,21,22). The van der Waals surface area contributed by atoms with Crippen LogP contribution in [0.3, 0.4) is 0 Å². The van der Waals surface area contributed by atoms with Crippen LogP contribution in [0, 0.1) is 5.92 Å². The van der Waals surface area contributed by atoms with Gasteiger partial charge in [0, 0.05) is 17.7 Å². The van der Waals surface area contributed by atoms with Gasteiger partial charge in [-0.25, -0.2) is 0 Å². The van der Waals surface area contributed by atoms with E-state index in [-0.39, 0.29) is 18.5 Å². The minimum atomic E-state index is -3.65. The second-order valence-electron chi connectivity index (χ2n) is 6.55. The molecule has 0 aliphatic heterocycles. The average molecular weight is 348 g/mol. The van der Waals surface area contributed by atoms with Crippen LogP contribution in [0.25, 0.3) is 0 Å². The fraction of sp³-hybridized carbons (Fsp3) is 0.875. The van der Waals surface area contributed by atoms with Gasteiger partial charge in [-0.05, 0) is 25.7 Å². The molecule has 0 saturated heterocycles. The molecule has 0 aromatic heterocycles. The summed E-state index contributed by atoms with van der Waals surface area (Å²) in [7, 11) is -3.65.